The summed E-state index contributed by atoms with van der Waals surface area (Å²) in [6.07, 6.45) is 1.52. The molecule has 140 valence electrons. The van der Waals surface area contributed by atoms with Crippen LogP contribution in [0.3, 0.4) is 0 Å². The largest absolute Gasteiger partial charge is 0.493 e. The number of benzene rings is 2. The Kier molecular flexibility index (Phi) is 5.83. The molecule has 0 aliphatic heterocycles. The minimum Gasteiger partial charge on any atom is -0.493 e. The summed E-state index contributed by atoms with van der Waals surface area (Å²) in [5, 5.41) is 17.0. The van der Waals surface area contributed by atoms with Gasteiger partial charge in [-0.1, -0.05) is 6.07 Å². The molecule has 0 bridgehead atoms. The molecule has 3 aromatic rings. The van der Waals surface area contributed by atoms with Crippen LogP contribution in [0.15, 0.2) is 48.8 Å². The van der Waals surface area contributed by atoms with E-state index in [2.05, 4.69) is 26.2 Å². The summed E-state index contributed by atoms with van der Waals surface area (Å²) in [7, 11) is 3.16. The lowest BCUT2D eigenvalue weighted by Gasteiger charge is -2.11. The summed E-state index contributed by atoms with van der Waals surface area (Å²) in [6.45, 7) is 0.566. The van der Waals surface area contributed by atoms with Crippen molar-refractivity contribution in [2.75, 3.05) is 26.1 Å². The molecule has 0 radical (unpaired) electrons. The highest BCUT2D eigenvalue weighted by Crippen LogP contribution is 2.27. The van der Waals surface area contributed by atoms with Gasteiger partial charge in [0.2, 0.25) is 5.91 Å². The smallest absolute Gasteiger partial charge is 0.239 e. The monoisotopic (exact) mass is 368 g/mol. The molecular formula is C18H20N6O3. The standard InChI is InChI=1S/C18H20N6O3/c1-26-16-8-3-13(9-17(16)27-2)10-20-18(25)11-19-14-4-6-15(7-5-14)24-12-21-22-23-24/h3-9,12,19H,10-11H2,1-2H3,(H,20,25). The van der Waals surface area contributed by atoms with E-state index in [9.17, 15) is 4.79 Å². The Hall–Kier alpha value is -3.62. The second-order valence-electron chi connectivity index (χ2n) is 5.62. The molecule has 0 fully saturated rings. The number of rotatable bonds is 8. The molecule has 2 aromatic carbocycles. The van der Waals surface area contributed by atoms with Gasteiger partial charge in [0.1, 0.15) is 6.33 Å². The van der Waals surface area contributed by atoms with Gasteiger partial charge in [-0.25, -0.2) is 4.68 Å². The van der Waals surface area contributed by atoms with Crippen molar-refractivity contribution in [1.29, 1.82) is 0 Å². The van der Waals surface area contributed by atoms with Crippen LogP contribution in [0.2, 0.25) is 0 Å². The zero-order chi connectivity index (χ0) is 19.1. The predicted octanol–water partition coefficient (Wildman–Crippen LogP) is 1.41. The molecule has 1 amide bonds. The van der Waals surface area contributed by atoms with Gasteiger partial charge in [-0.2, -0.15) is 0 Å². The number of tetrazole rings is 1. The Labute approximate surface area is 156 Å². The molecule has 1 heterocycles. The van der Waals surface area contributed by atoms with Crippen LogP contribution in [0, 0.1) is 0 Å². The highest BCUT2D eigenvalue weighted by Gasteiger charge is 2.06. The van der Waals surface area contributed by atoms with E-state index in [1.54, 1.807) is 18.9 Å². The Balaban J connectivity index is 1.48. The molecule has 1 aromatic heterocycles. The van der Waals surface area contributed by atoms with Crippen molar-refractivity contribution in [3.05, 3.63) is 54.4 Å². The maximum Gasteiger partial charge on any atom is 0.239 e. The second kappa shape index (κ2) is 8.65. The Morgan fingerprint density at radius 3 is 2.52 bits per heavy atom. The van der Waals surface area contributed by atoms with Crippen LogP contribution in [0.25, 0.3) is 5.69 Å². The number of nitrogens with one attached hydrogen (secondary N) is 2. The Morgan fingerprint density at radius 2 is 1.85 bits per heavy atom. The average molecular weight is 368 g/mol. The summed E-state index contributed by atoms with van der Waals surface area (Å²) < 4.78 is 12.0. The van der Waals surface area contributed by atoms with Crippen molar-refractivity contribution in [3.8, 4) is 17.2 Å². The van der Waals surface area contributed by atoms with Gasteiger partial charge in [0.05, 0.1) is 26.5 Å². The third-order valence-electron chi connectivity index (χ3n) is 3.87. The highest BCUT2D eigenvalue weighted by molar-refractivity contribution is 5.80. The van der Waals surface area contributed by atoms with Crippen LogP contribution in [0.4, 0.5) is 5.69 Å². The van der Waals surface area contributed by atoms with E-state index < -0.39 is 0 Å². The van der Waals surface area contributed by atoms with Gasteiger partial charge in [-0.15, -0.1) is 5.10 Å². The third-order valence-corrected chi connectivity index (χ3v) is 3.87. The zero-order valence-electron chi connectivity index (χ0n) is 15.0. The van der Waals surface area contributed by atoms with Crippen LogP contribution in [-0.2, 0) is 11.3 Å². The number of methoxy groups -OCH3 is 2. The van der Waals surface area contributed by atoms with Crippen molar-refractivity contribution in [2.45, 2.75) is 6.54 Å². The number of aromatic nitrogens is 4. The first-order valence-corrected chi connectivity index (χ1v) is 8.24. The molecule has 0 saturated carbocycles. The maximum absolute atomic E-state index is 12.1. The fourth-order valence-electron chi connectivity index (χ4n) is 2.45. The van der Waals surface area contributed by atoms with Crippen LogP contribution >= 0.6 is 0 Å². The summed E-state index contributed by atoms with van der Waals surface area (Å²) in [4.78, 5) is 12.1. The predicted molar refractivity (Wildman–Crippen MR) is 99.0 cm³/mol. The first-order chi connectivity index (χ1) is 13.2. The van der Waals surface area contributed by atoms with Crippen LogP contribution in [0.5, 0.6) is 11.5 Å². The summed E-state index contributed by atoms with van der Waals surface area (Å²) in [6, 6.07) is 13.0. The lowest BCUT2D eigenvalue weighted by Crippen LogP contribution is -2.29. The average Bonchev–Trinajstić information content (AvgIpc) is 3.25. The normalized spacial score (nSPS) is 10.3. The van der Waals surface area contributed by atoms with Crippen LogP contribution in [-0.4, -0.2) is 46.9 Å². The zero-order valence-corrected chi connectivity index (χ0v) is 15.0. The van der Waals surface area contributed by atoms with Crippen LogP contribution < -0.4 is 20.1 Å². The molecule has 0 aliphatic rings. The maximum atomic E-state index is 12.1. The fraction of sp³-hybridized carbons (Fsp3) is 0.222. The summed E-state index contributed by atoms with van der Waals surface area (Å²) in [5.41, 5.74) is 2.59. The lowest BCUT2D eigenvalue weighted by molar-refractivity contribution is -0.119. The van der Waals surface area contributed by atoms with E-state index in [-0.39, 0.29) is 12.5 Å². The first kappa shape index (κ1) is 18.2. The fourth-order valence-corrected chi connectivity index (χ4v) is 2.45. The Bertz CT molecular complexity index is 881. The van der Waals surface area contributed by atoms with E-state index in [1.807, 2.05) is 42.5 Å². The van der Waals surface area contributed by atoms with Gasteiger partial charge >= 0.3 is 0 Å². The number of carbonyl (C=O) groups is 1. The van der Waals surface area contributed by atoms with Crippen molar-refractivity contribution in [2.24, 2.45) is 0 Å². The van der Waals surface area contributed by atoms with Gasteiger partial charge in [-0.05, 0) is 52.4 Å². The molecule has 0 spiro atoms. The number of anilines is 1. The number of ether oxygens (including phenoxy) is 2. The van der Waals surface area contributed by atoms with Gasteiger partial charge < -0.3 is 20.1 Å². The number of amides is 1. The topological polar surface area (TPSA) is 103 Å². The number of hydrogen-bond acceptors (Lipinski definition) is 7. The molecule has 9 heteroatoms. The van der Waals surface area contributed by atoms with Gasteiger partial charge in [0, 0.05) is 12.2 Å². The third kappa shape index (κ3) is 4.72. The molecule has 9 nitrogen and oxygen atoms in total. The van der Waals surface area contributed by atoms with Crippen LogP contribution in [0.1, 0.15) is 5.56 Å². The van der Waals surface area contributed by atoms with Crippen molar-refractivity contribution < 1.29 is 14.3 Å². The number of carbonyl (C=O) groups excluding carboxylic acids is 1. The Morgan fingerprint density at radius 1 is 1.07 bits per heavy atom. The lowest BCUT2D eigenvalue weighted by atomic mass is 10.2. The SMILES string of the molecule is COc1ccc(CNC(=O)CNc2ccc(-n3cnnn3)cc2)cc1OC. The van der Waals surface area contributed by atoms with Gasteiger partial charge in [-0.3, -0.25) is 4.79 Å². The minimum atomic E-state index is -0.116. The molecule has 0 unspecified atom stereocenters. The number of hydrogen-bond donors (Lipinski definition) is 2. The molecular weight excluding hydrogens is 348 g/mol. The number of nitrogens with zero attached hydrogens (tertiary/aromatic N) is 4. The van der Waals surface area contributed by atoms with E-state index >= 15 is 0 Å². The van der Waals surface area contributed by atoms with E-state index in [0.717, 1.165) is 16.9 Å². The van der Waals surface area contributed by atoms with E-state index in [0.29, 0.717) is 18.0 Å². The molecule has 0 aliphatic carbocycles. The van der Waals surface area contributed by atoms with Gasteiger partial charge in [0.25, 0.3) is 0 Å². The van der Waals surface area contributed by atoms with E-state index in [4.69, 9.17) is 9.47 Å². The van der Waals surface area contributed by atoms with E-state index in [1.165, 1.54) is 6.33 Å². The first-order valence-electron chi connectivity index (χ1n) is 8.24. The molecule has 2 N–H and O–H groups in total. The second-order valence-corrected chi connectivity index (χ2v) is 5.62. The minimum absolute atomic E-state index is 0.116. The van der Waals surface area contributed by atoms with Crippen molar-refractivity contribution in [3.63, 3.8) is 0 Å². The molecule has 3 rings (SSSR count). The summed E-state index contributed by atoms with van der Waals surface area (Å²) >= 11 is 0. The quantitative estimate of drug-likeness (QED) is 0.619. The molecule has 0 atom stereocenters. The molecule has 0 saturated heterocycles. The summed E-state index contributed by atoms with van der Waals surface area (Å²) in [5.74, 6) is 1.17. The van der Waals surface area contributed by atoms with Crippen molar-refractivity contribution in [1.82, 2.24) is 25.5 Å². The van der Waals surface area contributed by atoms with Gasteiger partial charge in [0.15, 0.2) is 11.5 Å². The molecule has 27 heavy (non-hydrogen) atoms. The highest BCUT2D eigenvalue weighted by atomic mass is 16.5. The van der Waals surface area contributed by atoms with Crippen molar-refractivity contribution >= 4 is 11.6 Å².